The topological polar surface area (TPSA) is 92.4 Å². The van der Waals surface area contributed by atoms with Gasteiger partial charge < -0.3 is 10.8 Å². The Bertz CT molecular complexity index is 735. The molecule has 0 radical (unpaired) electrons. The Morgan fingerprint density at radius 1 is 1.48 bits per heavy atom. The number of hydrogen-bond donors (Lipinski definition) is 3. The lowest BCUT2D eigenvalue weighted by Gasteiger charge is -2.12. The third kappa shape index (κ3) is 3.80. The molecule has 0 aliphatic heterocycles. The monoisotopic (exact) mass is 394 g/mol. The van der Waals surface area contributed by atoms with E-state index in [1.165, 1.54) is 11.3 Å². The number of anilines is 1. The first-order chi connectivity index (χ1) is 9.81. The fraction of sp³-hybridized carbons (Fsp3) is 0.167. The number of aliphatic hydroxyl groups excluding tert-OH is 1. The van der Waals surface area contributed by atoms with E-state index in [0.717, 1.165) is 12.1 Å². The number of aliphatic hydroxyl groups is 1. The highest BCUT2D eigenvalue weighted by Gasteiger charge is 2.22. The van der Waals surface area contributed by atoms with Crippen LogP contribution in [0, 0.1) is 5.82 Å². The van der Waals surface area contributed by atoms with Gasteiger partial charge in [-0.3, -0.25) is 0 Å². The summed E-state index contributed by atoms with van der Waals surface area (Å²) in [4.78, 5) is -0.555. The second-order valence-corrected chi connectivity index (χ2v) is 7.60. The van der Waals surface area contributed by atoms with Gasteiger partial charge in [0, 0.05) is 16.7 Å². The van der Waals surface area contributed by atoms with E-state index < -0.39 is 26.8 Å². The Morgan fingerprint density at radius 2 is 2.19 bits per heavy atom. The molecule has 0 aliphatic rings. The van der Waals surface area contributed by atoms with Crippen molar-refractivity contribution < 1.29 is 17.9 Å². The fourth-order valence-electron chi connectivity index (χ4n) is 1.60. The van der Waals surface area contributed by atoms with Gasteiger partial charge in [0.05, 0.1) is 6.10 Å². The van der Waals surface area contributed by atoms with Gasteiger partial charge in [-0.1, -0.05) is 0 Å². The molecule has 0 saturated heterocycles. The van der Waals surface area contributed by atoms with Crippen molar-refractivity contribution in [2.24, 2.45) is 0 Å². The molecule has 1 unspecified atom stereocenters. The van der Waals surface area contributed by atoms with Crippen LogP contribution < -0.4 is 10.5 Å². The Labute approximate surface area is 133 Å². The maximum absolute atomic E-state index is 13.8. The van der Waals surface area contributed by atoms with Crippen LogP contribution >= 0.6 is 27.3 Å². The molecule has 0 saturated carbocycles. The highest BCUT2D eigenvalue weighted by molar-refractivity contribution is 9.10. The maximum Gasteiger partial charge on any atom is 0.243 e. The van der Waals surface area contributed by atoms with Gasteiger partial charge in [-0.25, -0.2) is 17.5 Å². The first kappa shape index (κ1) is 16.4. The van der Waals surface area contributed by atoms with Crippen LogP contribution in [0.2, 0.25) is 0 Å². The van der Waals surface area contributed by atoms with Crippen molar-refractivity contribution in [2.45, 2.75) is 11.0 Å². The number of sulfonamides is 1. The Balaban J connectivity index is 2.17. The molecule has 0 aliphatic carbocycles. The molecule has 9 heteroatoms. The van der Waals surface area contributed by atoms with Crippen LogP contribution in [-0.4, -0.2) is 20.1 Å². The minimum Gasteiger partial charge on any atom is -0.398 e. The maximum atomic E-state index is 13.8. The van der Waals surface area contributed by atoms with Crippen molar-refractivity contribution in [2.75, 3.05) is 12.3 Å². The first-order valence-corrected chi connectivity index (χ1v) is 8.97. The largest absolute Gasteiger partial charge is 0.398 e. The third-order valence-electron chi connectivity index (χ3n) is 2.74. The molecule has 1 heterocycles. The summed E-state index contributed by atoms with van der Waals surface area (Å²) in [7, 11) is -4.10. The normalized spacial score (nSPS) is 13.3. The molecule has 1 aromatic carbocycles. The molecule has 2 aromatic rings. The first-order valence-electron chi connectivity index (χ1n) is 5.75. The minimum absolute atomic E-state index is 0.107. The molecule has 0 fully saturated rings. The molecular formula is C12H12BrFN2O3S2. The summed E-state index contributed by atoms with van der Waals surface area (Å²) in [6, 6.07) is 3.69. The predicted octanol–water partition coefficient (Wildman–Crippen LogP) is 2.24. The number of thiophene rings is 1. The van der Waals surface area contributed by atoms with Gasteiger partial charge in [-0.05, 0) is 50.5 Å². The van der Waals surface area contributed by atoms with Crippen molar-refractivity contribution in [3.05, 3.63) is 44.8 Å². The number of nitrogens with one attached hydrogen (secondary N) is 1. The van der Waals surface area contributed by atoms with E-state index in [4.69, 9.17) is 5.73 Å². The second-order valence-electron chi connectivity index (χ2n) is 4.23. The number of nitrogens with two attached hydrogens (primary N) is 1. The zero-order valence-corrected chi connectivity index (χ0v) is 13.8. The molecule has 2 rings (SSSR count). The molecule has 5 nitrogen and oxygen atoms in total. The molecule has 21 heavy (non-hydrogen) atoms. The molecule has 0 bridgehead atoms. The van der Waals surface area contributed by atoms with E-state index in [9.17, 15) is 17.9 Å². The van der Waals surface area contributed by atoms with Crippen molar-refractivity contribution in [3.63, 3.8) is 0 Å². The Kier molecular flexibility index (Phi) is 4.99. The summed E-state index contributed by atoms with van der Waals surface area (Å²) in [6.07, 6.45) is -0.998. The van der Waals surface area contributed by atoms with Gasteiger partial charge in [-0.2, -0.15) is 11.3 Å². The molecule has 114 valence electrons. The smallest absolute Gasteiger partial charge is 0.243 e. The van der Waals surface area contributed by atoms with Crippen LogP contribution in [0.3, 0.4) is 0 Å². The number of hydrogen-bond acceptors (Lipinski definition) is 5. The average molecular weight is 395 g/mol. The summed E-state index contributed by atoms with van der Waals surface area (Å²) >= 11 is 4.40. The Hall–Kier alpha value is -1.00. The lowest BCUT2D eigenvalue weighted by molar-refractivity contribution is 0.182. The van der Waals surface area contributed by atoms with Gasteiger partial charge in [-0.15, -0.1) is 0 Å². The lowest BCUT2D eigenvalue weighted by Crippen LogP contribution is -2.29. The molecule has 1 atom stereocenters. The van der Waals surface area contributed by atoms with E-state index in [-0.39, 0.29) is 16.7 Å². The SMILES string of the molecule is Nc1cc(S(=O)(=O)NCC(O)c2ccsc2)c(F)cc1Br. The van der Waals surface area contributed by atoms with E-state index in [2.05, 4.69) is 20.7 Å². The summed E-state index contributed by atoms with van der Waals surface area (Å²) in [5, 5.41) is 13.3. The lowest BCUT2D eigenvalue weighted by atomic mass is 10.2. The molecule has 1 aromatic heterocycles. The number of benzene rings is 1. The van der Waals surface area contributed by atoms with Gasteiger partial charge >= 0.3 is 0 Å². The molecular weight excluding hydrogens is 383 g/mol. The zero-order chi connectivity index (χ0) is 15.6. The number of nitrogen functional groups attached to an aromatic ring is 1. The zero-order valence-electron chi connectivity index (χ0n) is 10.6. The van der Waals surface area contributed by atoms with Crippen LogP contribution in [0.15, 0.2) is 38.3 Å². The summed E-state index contributed by atoms with van der Waals surface area (Å²) in [5.74, 6) is -0.923. The summed E-state index contributed by atoms with van der Waals surface area (Å²) in [6.45, 7) is -0.255. The number of rotatable bonds is 5. The van der Waals surface area contributed by atoms with Crippen LogP contribution in [-0.2, 0) is 10.0 Å². The van der Waals surface area contributed by atoms with Crippen LogP contribution in [0.5, 0.6) is 0 Å². The number of halogens is 2. The van der Waals surface area contributed by atoms with Crippen LogP contribution in [0.1, 0.15) is 11.7 Å². The predicted molar refractivity (Wildman–Crippen MR) is 83.0 cm³/mol. The molecule has 0 spiro atoms. The van der Waals surface area contributed by atoms with E-state index >= 15 is 0 Å². The van der Waals surface area contributed by atoms with Crippen LogP contribution in [0.25, 0.3) is 0 Å². The van der Waals surface area contributed by atoms with Gasteiger partial charge in [0.2, 0.25) is 10.0 Å². The van der Waals surface area contributed by atoms with Gasteiger partial charge in [0.25, 0.3) is 0 Å². The highest BCUT2D eigenvalue weighted by atomic mass is 79.9. The van der Waals surface area contributed by atoms with E-state index in [1.807, 2.05) is 0 Å². The van der Waals surface area contributed by atoms with Crippen molar-refractivity contribution in [1.29, 1.82) is 0 Å². The van der Waals surface area contributed by atoms with E-state index in [1.54, 1.807) is 16.8 Å². The third-order valence-corrected chi connectivity index (χ3v) is 5.56. The molecule has 4 N–H and O–H groups in total. The van der Waals surface area contributed by atoms with Gasteiger partial charge in [0.15, 0.2) is 0 Å². The van der Waals surface area contributed by atoms with Crippen molar-refractivity contribution in [3.8, 4) is 0 Å². The van der Waals surface area contributed by atoms with Crippen molar-refractivity contribution in [1.82, 2.24) is 4.72 Å². The van der Waals surface area contributed by atoms with Gasteiger partial charge in [0.1, 0.15) is 10.7 Å². The van der Waals surface area contributed by atoms with Crippen molar-refractivity contribution >= 4 is 43.0 Å². The summed E-state index contributed by atoms with van der Waals surface area (Å²) in [5.41, 5.74) is 6.27. The molecule has 0 amide bonds. The Morgan fingerprint density at radius 3 is 2.81 bits per heavy atom. The minimum atomic E-state index is -4.10. The second kappa shape index (κ2) is 6.41. The van der Waals surface area contributed by atoms with E-state index in [0.29, 0.717) is 5.56 Å². The van der Waals surface area contributed by atoms with Crippen LogP contribution in [0.4, 0.5) is 10.1 Å². The average Bonchev–Trinajstić information content (AvgIpc) is 2.94. The fourth-order valence-corrected chi connectivity index (χ4v) is 3.75. The highest BCUT2D eigenvalue weighted by Crippen LogP contribution is 2.26. The summed E-state index contributed by atoms with van der Waals surface area (Å²) < 4.78 is 40.3. The quantitative estimate of drug-likeness (QED) is 0.678. The standard InChI is InChI=1S/C12H12BrFN2O3S2/c13-8-3-9(14)12(4-10(8)15)21(18,19)16-5-11(17)7-1-2-20-6-7/h1-4,6,11,16-17H,5,15H2.